The van der Waals surface area contributed by atoms with Gasteiger partial charge in [0.2, 0.25) is 5.91 Å². The number of hydrogen-bond acceptors (Lipinski definition) is 3. The van der Waals surface area contributed by atoms with Crippen molar-refractivity contribution in [1.29, 1.82) is 0 Å². The Kier molecular flexibility index (Phi) is 6.99. The molecule has 0 radical (unpaired) electrons. The zero-order valence-corrected chi connectivity index (χ0v) is 23.1. The van der Waals surface area contributed by atoms with Gasteiger partial charge in [0, 0.05) is 27.5 Å². The zero-order chi connectivity index (χ0) is 28.0. The van der Waals surface area contributed by atoms with Gasteiger partial charge in [-0.2, -0.15) is 0 Å². The van der Waals surface area contributed by atoms with Crippen LogP contribution in [0.15, 0.2) is 90.0 Å². The number of halogens is 3. The SMILES string of the molecule is COc1ccc(C2c3c(c4cc(Cl)ccc4n3C(=O)C3C=CC(Cl)=CC3)CCN2C(=O)c2ccc(F)cc2)cc1. The van der Waals surface area contributed by atoms with Gasteiger partial charge in [-0.15, -0.1) is 0 Å². The van der Waals surface area contributed by atoms with Gasteiger partial charge in [0.1, 0.15) is 11.6 Å². The minimum atomic E-state index is -0.589. The second-order valence-corrected chi connectivity index (χ2v) is 10.8. The number of carbonyl (C=O) groups excluding carboxylic acids is 2. The first-order valence-electron chi connectivity index (χ1n) is 13.0. The van der Waals surface area contributed by atoms with Gasteiger partial charge >= 0.3 is 0 Å². The Morgan fingerprint density at radius 2 is 1.75 bits per heavy atom. The largest absolute Gasteiger partial charge is 0.497 e. The van der Waals surface area contributed by atoms with Crippen molar-refractivity contribution in [2.45, 2.75) is 18.9 Å². The van der Waals surface area contributed by atoms with Crippen LogP contribution in [0, 0.1) is 11.7 Å². The van der Waals surface area contributed by atoms with Gasteiger partial charge in [0.15, 0.2) is 0 Å². The predicted molar refractivity (Wildman–Crippen MR) is 155 cm³/mol. The number of hydrogen-bond donors (Lipinski definition) is 0. The summed E-state index contributed by atoms with van der Waals surface area (Å²) < 4.78 is 20.8. The molecule has 5 nitrogen and oxygen atoms in total. The molecular formula is C32H25Cl2FN2O3. The number of methoxy groups -OCH3 is 1. The van der Waals surface area contributed by atoms with Crippen molar-refractivity contribution in [2.75, 3.05) is 13.7 Å². The third-order valence-corrected chi connectivity index (χ3v) is 8.14. The highest BCUT2D eigenvalue weighted by atomic mass is 35.5. The summed E-state index contributed by atoms with van der Waals surface area (Å²) in [4.78, 5) is 29.9. The van der Waals surface area contributed by atoms with Crippen LogP contribution in [0.25, 0.3) is 10.9 Å². The molecule has 0 saturated carbocycles. The average Bonchev–Trinajstić information content (AvgIpc) is 3.30. The highest BCUT2D eigenvalue weighted by Gasteiger charge is 2.39. The number of benzene rings is 3. The number of nitrogens with zero attached hydrogens (tertiary/aromatic N) is 2. The molecule has 2 atom stereocenters. The summed E-state index contributed by atoms with van der Waals surface area (Å²) in [7, 11) is 1.59. The molecule has 0 saturated heterocycles. The molecule has 0 N–H and O–H groups in total. The van der Waals surface area contributed by atoms with Crippen LogP contribution in [0.4, 0.5) is 4.39 Å². The summed E-state index contributed by atoms with van der Waals surface area (Å²) in [5.74, 6) is -0.518. The van der Waals surface area contributed by atoms with Crippen molar-refractivity contribution in [3.63, 3.8) is 0 Å². The maximum absolute atomic E-state index is 14.2. The second kappa shape index (κ2) is 10.6. The van der Waals surface area contributed by atoms with E-state index in [1.54, 1.807) is 28.7 Å². The van der Waals surface area contributed by atoms with Gasteiger partial charge in [0.05, 0.1) is 30.3 Å². The topological polar surface area (TPSA) is 51.5 Å². The fourth-order valence-electron chi connectivity index (χ4n) is 5.69. The molecule has 4 aromatic rings. The van der Waals surface area contributed by atoms with Crippen molar-refractivity contribution in [3.05, 3.63) is 123 Å². The van der Waals surface area contributed by atoms with Crippen LogP contribution in [0.5, 0.6) is 5.75 Å². The van der Waals surface area contributed by atoms with E-state index in [2.05, 4.69) is 0 Å². The van der Waals surface area contributed by atoms with Crippen LogP contribution < -0.4 is 4.74 Å². The monoisotopic (exact) mass is 574 g/mol. The van der Waals surface area contributed by atoms with Crippen LogP contribution in [0.2, 0.25) is 5.02 Å². The Labute approximate surface area is 241 Å². The third-order valence-electron chi connectivity index (χ3n) is 7.62. The normalized spacial score (nSPS) is 18.4. The summed E-state index contributed by atoms with van der Waals surface area (Å²) in [5.41, 5.74) is 3.63. The Balaban J connectivity index is 1.57. The van der Waals surface area contributed by atoms with E-state index < -0.39 is 17.8 Å². The Hall–Kier alpha value is -3.87. The maximum atomic E-state index is 14.2. The maximum Gasteiger partial charge on any atom is 0.254 e. The quantitative estimate of drug-likeness (QED) is 0.252. The van der Waals surface area contributed by atoms with Gasteiger partial charge in [-0.25, -0.2) is 4.39 Å². The van der Waals surface area contributed by atoms with E-state index in [0.29, 0.717) is 40.8 Å². The molecule has 202 valence electrons. The molecule has 8 heteroatoms. The highest BCUT2D eigenvalue weighted by molar-refractivity contribution is 6.31. The highest BCUT2D eigenvalue weighted by Crippen LogP contribution is 2.43. The molecule has 1 aromatic heterocycles. The van der Waals surface area contributed by atoms with Gasteiger partial charge in [-0.05, 0) is 84.6 Å². The van der Waals surface area contributed by atoms with E-state index >= 15 is 0 Å². The number of aromatic nitrogens is 1. The van der Waals surface area contributed by atoms with Crippen LogP contribution in [0.3, 0.4) is 0 Å². The third kappa shape index (κ3) is 4.61. The number of rotatable bonds is 4. The van der Waals surface area contributed by atoms with E-state index in [0.717, 1.165) is 27.7 Å². The van der Waals surface area contributed by atoms with E-state index in [1.807, 2.05) is 48.6 Å². The first-order chi connectivity index (χ1) is 19.4. The lowest BCUT2D eigenvalue weighted by Gasteiger charge is -2.37. The molecule has 0 bridgehead atoms. The van der Waals surface area contributed by atoms with Crippen molar-refractivity contribution in [3.8, 4) is 5.75 Å². The molecule has 6 rings (SSSR count). The Morgan fingerprint density at radius 3 is 2.42 bits per heavy atom. The first kappa shape index (κ1) is 26.4. The number of carbonyl (C=O) groups is 2. The van der Waals surface area contributed by atoms with Crippen molar-refractivity contribution >= 4 is 45.9 Å². The molecule has 3 aromatic carbocycles. The Morgan fingerprint density at radius 1 is 1.00 bits per heavy atom. The van der Waals surface area contributed by atoms with Crippen LogP contribution >= 0.6 is 23.2 Å². The van der Waals surface area contributed by atoms with E-state index in [9.17, 15) is 14.0 Å². The van der Waals surface area contributed by atoms with E-state index in [4.69, 9.17) is 27.9 Å². The number of allylic oxidation sites excluding steroid dienone is 4. The molecular weight excluding hydrogens is 550 g/mol. The lowest BCUT2D eigenvalue weighted by molar-refractivity contribution is 0.0677. The predicted octanol–water partition coefficient (Wildman–Crippen LogP) is 7.57. The molecule has 0 fully saturated rings. The summed E-state index contributed by atoms with van der Waals surface area (Å²) in [6.07, 6.45) is 6.41. The summed E-state index contributed by atoms with van der Waals surface area (Å²) >= 11 is 12.6. The molecule has 0 spiro atoms. The molecule has 2 heterocycles. The fraction of sp³-hybridized carbons (Fsp3) is 0.188. The van der Waals surface area contributed by atoms with Crippen LogP contribution in [-0.2, 0) is 6.42 Å². The second-order valence-electron chi connectivity index (χ2n) is 9.92. The van der Waals surface area contributed by atoms with Gasteiger partial charge in [-0.1, -0.05) is 47.5 Å². The van der Waals surface area contributed by atoms with E-state index in [1.165, 1.54) is 24.3 Å². The minimum absolute atomic E-state index is 0.111. The van der Waals surface area contributed by atoms with Gasteiger partial charge in [-0.3, -0.25) is 14.2 Å². The standard InChI is InChI=1S/C32H25Cl2FN2O3/c1-40-25-13-6-19(7-14-25)29-30-26(16-17-36(29)31(38)20-4-11-24(35)12-5-20)27-18-23(34)10-15-28(27)37(30)32(39)21-2-8-22(33)9-3-21/h2,4-15,18,21,29H,3,16-17H2,1H3. The zero-order valence-electron chi connectivity index (χ0n) is 21.6. The average molecular weight is 575 g/mol. The molecule has 1 aliphatic carbocycles. The summed E-state index contributed by atoms with van der Waals surface area (Å²) in [6.45, 7) is 0.404. The molecule has 1 aliphatic heterocycles. The van der Waals surface area contributed by atoms with Gasteiger partial charge < -0.3 is 9.64 Å². The first-order valence-corrected chi connectivity index (χ1v) is 13.7. The lowest BCUT2D eigenvalue weighted by atomic mass is 9.91. The fourth-order valence-corrected chi connectivity index (χ4v) is 6.02. The lowest BCUT2D eigenvalue weighted by Crippen LogP contribution is -2.42. The minimum Gasteiger partial charge on any atom is -0.497 e. The van der Waals surface area contributed by atoms with Crippen LogP contribution in [0.1, 0.15) is 44.4 Å². The van der Waals surface area contributed by atoms with Crippen molar-refractivity contribution in [1.82, 2.24) is 9.47 Å². The molecule has 1 amide bonds. The van der Waals surface area contributed by atoms with E-state index in [-0.39, 0.29) is 11.8 Å². The van der Waals surface area contributed by atoms with Crippen molar-refractivity contribution in [2.24, 2.45) is 5.92 Å². The summed E-state index contributed by atoms with van der Waals surface area (Å²) in [6, 6.07) is 18.0. The van der Waals surface area contributed by atoms with Crippen molar-refractivity contribution < 1.29 is 18.7 Å². The smallest absolute Gasteiger partial charge is 0.254 e. The number of ether oxygens (including phenoxy) is 1. The summed E-state index contributed by atoms with van der Waals surface area (Å²) in [5, 5.41) is 2.05. The van der Waals surface area contributed by atoms with Gasteiger partial charge in [0.25, 0.3) is 5.91 Å². The molecule has 2 unspecified atom stereocenters. The molecule has 2 aliphatic rings. The number of fused-ring (bicyclic) bond motifs is 3. The number of amides is 1. The van der Waals surface area contributed by atoms with Crippen LogP contribution in [-0.4, -0.2) is 34.9 Å². The Bertz CT molecular complexity index is 1690. The molecule has 40 heavy (non-hydrogen) atoms.